The predicted molar refractivity (Wildman–Crippen MR) is 70.8 cm³/mol. The summed E-state index contributed by atoms with van der Waals surface area (Å²) in [4.78, 5) is 0. The van der Waals surface area contributed by atoms with E-state index in [1.807, 2.05) is 30.3 Å². The first-order valence-corrected chi connectivity index (χ1v) is 5.82. The molecule has 1 N–H and O–H groups in total. The van der Waals surface area contributed by atoms with Crippen LogP contribution >= 0.6 is 0 Å². The fraction of sp³-hybridized carbons (Fsp3) is 0.200. The van der Waals surface area contributed by atoms with Crippen LogP contribution in [-0.2, 0) is 6.42 Å². The molecule has 0 amide bonds. The highest BCUT2D eigenvalue weighted by atomic mass is 16.3. The van der Waals surface area contributed by atoms with E-state index in [9.17, 15) is 0 Å². The van der Waals surface area contributed by atoms with Crippen LogP contribution in [0.25, 0.3) is 5.57 Å². The number of nitrogens with one attached hydrogen (secondary N) is 1. The average molecular weight is 227 g/mol. The van der Waals surface area contributed by atoms with E-state index in [0.717, 1.165) is 30.8 Å². The van der Waals surface area contributed by atoms with Gasteiger partial charge in [0.2, 0.25) is 0 Å². The summed E-state index contributed by atoms with van der Waals surface area (Å²) in [6.45, 7) is 5.79. The summed E-state index contributed by atoms with van der Waals surface area (Å²) >= 11 is 0. The molecule has 0 aliphatic rings. The zero-order valence-electron chi connectivity index (χ0n) is 9.86. The van der Waals surface area contributed by atoms with Gasteiger partial charge in [-0.1, -0.05) is 36.9 Å². The Morgan fingerprint density at radius 3 is 2.65 bits per heavy atom. The fourth-order valence-electron chi connectivity index (χ4n) is 1.68. The van der Waals surface area contributed by atoms with E-state index in [4.69, 9.17) is 4.42 Å². The zero-order valence-corrected chi connectivity index (χ0v) is 9.86. The highest BCUT2D eigenvalue weighted by Crippen LogP contribution is 2.09. The Hall–Kier alpha value is -1.80. The minimum atomic E-state index is 0.810. The topological polar surface area (TPSA) is 25.2 Å². The van der Waals surface area contributed by atoms with E-state index in [2.05, 4.69) is 24.0 Å². The quantitative estimate of drug-likeness (QED) is 0.767. The monoisotopic (exact) mass is 227 g/mol. The molecule has 0 aliphatic carbocycles. The van der Waals surface area contributed by atoms with E-state index in [1.165, 1.54) is 5.56 Å². The van der Waals surface area contributed by atoms with Gasteiger partial charge in [0.05, 0.1) is 6.26 Å². The van der Waals surface area contributed by atoms with Crippen LogP contribution in [-0.4, -0.2) is 13.1 Å². The number of benzene rings is 1. The third-order valence-corrected chi connectivity index (χ3v) is 2.65. The molecule has 2 nitrogen and oxygen atoms in total. The lowest BCUT2D eigenvalue weighted by molar-refractivity contribution is 0.502. The Kier molecular flexibility index (Phi) is 4.17. The van der Waals surface area contributed by atoms with Crippen LogP contribution < -0.4 is 5.32 Å². The molecule has 1 heterocycles. The molecule has 0 aliphatic heterocycles. The molecule has 0 radical (unpaired) electrons. The highest BCUT2D eigenvalue weighted by Gasteiger charge is 1.98. The molecule has 0 atom stereocenters. The molecule has 0 bridgehead atoms. The van der Waals surface area contributed by atoms with Gasteiger partial charge in [0.15, 0.2) is 0 Å². The van der Waals surface area contributed by atoms with Crippen LogP contribution in [0.2, 0.25) is 0 Å². The second kappa shape index (κ2) is 6.06. The van der Waals surface area contributed by atoms with Gasteiger partial charge in [-0.3, -0.25) is 0 Å². The second-order valence-electron chi connectivity index (χ2n) is 3.98. The molecule has 0 fully saturated rings. The maximum Gasteiger partial charge on any atom is 0.105 e. The molecule has 2 aromatic rings. The van der Waals surface area contributed by atoms with Crippen LogP contribution in [0.1, 0.15) is 11.3 Å². The predicted octanol–water partition coefficient (Wildman–Crippen LogP) is 3.13. The van der Waals surface area contributed by atoms with Gasteiger partial charge >= 0.3 is 0 Å². The molecule has 0 saturated heterocycles. The smallest absolute Gasteiger partial charge is 0.105 e. The van der Waals surface area contributed by atoms with Crippen molar-refractivity contribution in [2.75, 3.05) is 13.1 Å². The molecule has 1 aromatic heterocycles. The minimum Gasteiger partial charge on any atom is -0.469 e. The van der Waals surface area contributed by atoms with Crippen LogP contribution in [0.3, 0.4) is 0 Å². The Labute approximate surface area is 102 Å². The fourth-order valence-corrected chi connectivity index (χ4v) is 1.68. The van der Waals surface area contributed by atoms with Crippen molar-refractivity contribution in [3.05, 3.63) is 66.6 Å². The van der Waals surface area contributed by atoms with Crippen molar-refractivity contribution < 1.29 is 4.42 Å². The summed E-state index contributed by atoms with van der Waals surface area (Å²) in [5.41, 5.74) is 2.31. The Bertz CT molecular complexity index is 445. The molecule has 2 heteroatoms. The summed E-state index contributed by atoms with van der Waals surface area (Å²) in [6.07, 6.45) is 2.62. The van der Waals surface area contributed by atoms with Crippen molar-refractivity contribution in [3.63, 3.8) is 0 Å². The lowest BCUT2D eigenvalue weighted by Crippen LogP contribution is -2.19. The van der Waals surface area contributed by atoms with Gasteiger partial charge in [0.1, 0.15) is 5.76 Å². The molecular formula is C15H17NO. The summed E-state index contributed by atoms with van der Waals surface area (Å²) < 4.78 is 5.26. The van der Waals surface area contributed by atoms with E-state index in [-0.39, 0.29) is 0 Å². The van der Waals surface area contributed by atoms with Crippen LogP contribution in [0.15, 0.2) is 59.7 Å². The summed E-state index contributed by atoms with van der Waals surface area (Å²) in [6, 6.07) is 14.1. The van der Waals surface area contributed by atoms with Crippen molar-refractivity contribution in [1.82, 2.24) is 5.32 Å². The van der Waals surface area contributed by atoms with Crippen molar-refractivity contribution in [1.29, 1.82) is 0 Å². The lowest BCUT2D eigenvalue weighted by atomic mass is 10.1. The molecule has 1 aromatic carbocycles. The normalized spacial score (nSPS) is 10.4. The van der Waals surface area contributed by atoms with E-state index >= 15 is 0 Å². The number of hydrogen-bond donors (Lipinski definition) is 1. The largest absolute Gasteiger partial charge is 0.469 e. The Morgan fingerprint density at radius 1 is 1.12 bits per heavy atom. The average Bonchev–Trinajstić information content (AvgIpc) is 2.88. The third kappa shape index (κ3) is 3.61. The van der Waals surface area contributed by atoms with Crippen LogP contribution in [0, 0.1) is 0 Å². The standard InChI is InChI=1S/C15H17NO/c1-13(14-6-3-2-4-7-14)12-16-10-9-15-8-5-11-17-15/h2-8,11,16H,1,9-10,12H2. The maximum atomic E-state index is 5.26. The zero-order chi connectivity index (χ0) is 11.9. The van der Waals surface area contributed by atoms with Crippen molar-refractivity contribution >= 4 is 5.57 Å². The summed E-state index contributed by atoms with van der Waals surface area (Å²) in [5.74, 6) is 1.02. The molecule has 0 saturated carbocycles. The van der Waals surface area contributed by atoms with Crippen molar-refractivity contribution in [2.24, 2.45) is 0 Å². The Balaban J connectivity index is 1.70. The van der Waals surface area contributed by atoms with Gasteiger partial charge in [-0.25, -0.2) is 0 Å². The van der Waals surface area contributed by atoms with Gasteiger partial charge in [0, 0.05) is 19.5 Å². The number of rotatable bonds is 6. The number of hydrogen-bond acceptors (Lipinski definition) is 2. The molecule has 0 unspecified atom stereocenters. The third-order valence-electron chi connectivity index (χ3n) is 2.65. The lowest BCUT2D eigenvalue weighted by Gasteiger charge is -2.07. The van der Waals surface area contributed by atoms with E-state index < -0.39 is 0 Å². The summed E-state index contributed by atoms with van der Waals surface area (Å²) in [7, 11) is 0. The van der Waals surface area contributed by atoms with Gasteiger partial charge in [0.25, 0.3) is 0 Å². The first-order chi connectivity index (χ1) is 8.36. The maximum absolute atomic E-state index is 5.26. The van der Waals surface area contributed by atoms with Gasteiger partial charge < -0.3 is 9.73 Å². The summed E-state index contributed by atoms with van der Waals surface area (Å²) in [5, 5.41) is 3.36. The van der Waals surface area contributed by atoms with Gasteiger partial charge in [-0.05, 0) is 23.3 Å². The molecule has 0 spiro atoms. The Morgan fingerprint density at radius 2 is 1.94 bits per heavy atom. The minimum absolute atomic E-state index is 0.810. The van der Waals surface area contributed by atoms with Crippen molar-refractivity contribution in [3.8, 4) is 0 Å². The van der Waals surface area contributed by atoms with E-state index in [1.54, 1.807) is 6.26 Å². The van der Waals surface area contributed by atoms with Crippen molar-refractivity contribution in [2.45, 2.75) is 6.42 Å². The first kappa shape index (κ1) is 11.7. The molecule has 88 valence electrons. The highest BCUT2D eigenvalue weighted by molar-refractivity contribution is 5.64. The molecular weight excluding hydrogens is 210 g/mol. The van der Waals surface area contributed by atoms with Gasteiger partial charge in [-0.15, -0.1) is 0 Å². The van der Waals surface area contributed by atoms with Gasteiger partial charge in [-0.2, -0.15) is 0 Å². The number of furan rings is 1. The first-order valence-electron chi connectivity index (χ1n) is 5.82. The SMILES string of the molecule is C=C(CNCCc1ccco1)c1ccccc1. The molecule has 17 heavy (non-hydrogen) atoms. The van der Waals surface area contributed by atoms with Crippen LogP contribution in [0.4, 0.5) is 0 Å². The van der Waals surface area contributed by atoms with E-state index in [0.29, 0.717) is 0 Å². The second-order valence-corrected chi connectivity index (χ2v) is 3.98. The van der Waals surface area contributed by atoms with Crippen LogP contribution in [0.5, 0.6) is 0 Å². The molecule has 2 rings (SSSR count).